The van der Waals surface area contributed by atoms with E-state index in [1.54, 1.807) is 0 Å². The highest BCUT2D eigenvalue weighted by Crippen LogP contribution is 2.29. The molecule has 1 N–H and O–H groups in total. The van der Waals surface area contributed by atoms with Gasteiger partial charge < -0.3 is 15.1 Å². The third-order valence-corrected chi connectivity index (χ3v) is 4.91. The zero-order valence-corrected chi connectivity index (χ0v) is 16.7. The predicted molar refractivity (Wildman–Crippen MR) is 109 cm³/mol. The molecule has 26 heavy (non-hydrogen) atoms. The molecule has 0 saturated carbocycles. The normalized spacial score (nSPS) is 16.9. The van der Waals surface area contributed by atoms with E-state index < -0.39 is 0 Å². The minimum atomic E-state index is 0.303. The summed E-state index contributed by atoms with van der Waals surface area (Å²) in [6.45, 7) is 9.34. The molecule has 1 atom stereocenters. The molecule has 5 heteroatoms. The Hall–Kier alpha value is -2.14. The average molecular weight is 354 g/mol. The highest BCUT2D eigenvalue weighted by atomic mass is 15.2. The van der Waals surface area contributed by atoms with Crippen molar-refractivity contribution in [2.75, 3.05) is 37.4 Å². The van der Waals surface area contributed by atoms with E-state index in [1.165, 1.54) is 11.1 Å². The van der Waals surface area contributed by atoms with Crippen molar-refractivity contribution in [3.05, 3.63) is 47.3 Å². The smallest absolute Gasteiger partial charge is 0.135 e. The Balaban J connectivity index is 1.87. The first-order chi connectivity index (χ1) is 12.4. The summed E-state index contributed by atoms with van der Waals surface area (Å²) in [5.74, 6) is 3.15. The molecule has 0 fully saturated rings. The summed E-state index contributed by atoms with van der Waals surface area (Å²) in [5, 5.41) is 3.47. The van der Waals surface area contributed by atoms with Gasteiger partial charge in [-0.15, -0.1) is 0 Å². The van der Waals surface area contributed by atoms with Gasteiger partial charge in [0.25, 0.3) is 0 Å². The zero-order valence-electron chi connectivity index (χ0n) is 16.7. The highest BCUT2D eigenvalue weighted by molar-refractivity contribution is 5.52. The standard InChI is InChI=1S/C21H31N5/c1-15(2)21-23-19(22-10-11-25(4)5)13-20(24-21)26-14-18-9-7-6-8-17(18)12-16(26)3/h6-9,13,15-16H,10-12,14H2,1-5H3,(H,22,23,24)/t16-/m1/s1. The maximum Gasteiger partial charge on any atom is 0.135 e. The number of anilines is 2. The molecule has 3 rings (SSSR count). The van der Waals surface area contributed by atoms with Crippen LogP contribution in [0, 0.1) is 0 Å². The van der Waals surface area contributed by atoms with Crippen LogP contribution in [0.3, 0.4) is 0 Å². The molecule has 140 valence electrons. The van der Waals surface area contributed by atoms with Crippen molar-refractivity contribution in [3.63, 3.8) is 0 Å². The van der Waals surface area contributed by atoms with Crippen LogP contribution in [0.5, 0.6) is 0 Å². The molecule has 0 aliphatic carbocycles. The molecule has 0 saturated heterocycles. The fourth-order valence-electron chi connectivity index (χ4n) is 3.34. The van der Waals surface area contributed by atoms with Gasteiger partial charge in [0.15, 0.2) is 0 Å². The monoisotopic (exact) mass is 353 g/mol. The summed E-state index contributed by atoms with van der Waals surface area (Å²) in [7, 11) is 4.17. The number of aromatic nitrogens is 2. The van der Waals surface area contributed by atoms with Gasteiger partial charge >= 0.3 is 0 Å². The number of nitrogens with one attached hydrogen (secondary N) is 1. The fraction of sp³-hybridized carbons (Fsp3) is 0.524. The Morgan fingerprint density at radius 3 is 2.62 bits per heavy atom. The van der Waals surface area contributed by atoms with E-state index in [2.05, 4.69) is 80.3 Å². The first kappa shape index (κ1) is 18.6. The van der Waals surface area contributed by atoms with Gasteiger partial charge in [-0.05, 0) is 38.6 Å². The zero-order chi connectivity index (χ0) is 18.7. The topological polar surface area (TPSA) is 44.3 Å². The maximum absolute atomic E-state index is 4.89. The molecular formula is C21H31N5. The van der Waals surface area contributed by atoms with Crippen LogP contribution >= 0.6 is 0 Å². The Bertz CT molecular complexity index is 741. The van der Waals surface area contributed by atoms with E-state index in [-0.39, 0.29) is 0 Å². The van der Waals surface area contributed by atoms with Crippen LogP contribution in [0.2, 0.25) is 0 Å². The molecule has 0 spiro atoms. The van der Waals surface area contributed by atoms with Crippen molar-refractivity contribution in [1.29, 1.82) is 0 Å². The maximum atomic E-state index is 4.89. The lowest BCUT2D eigenvalue weighted by molar-refractivity contribution is 0.425. The lowest BCUT2D eigenvalue weighted by Crippen LogP contribution is -2.39. The van der Waals surface area contributed by atoms with E-state index >= 15 is 0 Å². The molecule has 5 nitrogen and oxygen atoms in total. The Labute approximate surface area is 157 Å². The van der Waals surface area contributed by atoms with Gasteiger partial charge in [-0.1, -0.05) is 38.1 Å². The van der Waals surface area contributed by atoms with Gasteiger partial charge in [0.2, 0.25) is 0 Å². The van der Waals surface area contributed by atoms with Crippen LogP contribution in [-0.4, -0.2) is 48.1 Å². The van der Waals surface area contributed by atoms with Gasteiger partial charge in [0.05, 0.1) is 0 Å². The molecule has 0 amide bonds. The minimum Gasteiger partial charge on any atom is -0.369 e. The first-order valence-corrected chi connectivity index (χ1v) is 9.55. The molecule has 1 aliphatic rings. The van der Waals surface area contributed by atoms with Crippen LogP contribution in [0.25, 0.3) is 0 Å². The molecule has 0 bridgehead atoms. The van der Waals surface area contributed by atoms with Crippen LogP contribution < -0.4 is 10.2 Å². The number of hydrogen-bond acceptors (Lipinski definition) is 5. The number of likely N-dealkylation sites (N-methyl/N-ethyl adjacent to an activating group) is 1. The van der Waals surface area contributed by atoms with Gasteiger partial charge in [-0.2, -0.15) is 0 Å². The van der Waals surface area contributed by atoms with Crippen molar-refractivity contribution < 1.29 is 0 Å². The van der Waals surface area contributed by atoms with Gasteiger partial charge in [0.1, 0.15) is 17.5 Å². The van der Waals surface area contributed by atoms with E-state index in [1.807, 2.05) is 0 Å². The summed E-state index contributed by atoms with van der Waals surface area (Å²) in [4.78, 5) is 14.2. The molecule has 1 aromatic carbocycles. The number of benzene rings is 1. The minimum absolute atomic E-state index is 0.303. The van der Waals surface area contributed by atoms with Gasteiger partial charge in [0, 0.05) is 37.7 Å². The Morgan fingerprint density at radius 1 is 1.19 bits per heavy atom. The molecule has 1 aliphatic heterocycles. The molecule has 0 radical (unpaired) electrons. The lowest BCUT2D eigenvalue weighted by Gasteiger charge is -2.36. The van der Waals surface area contributed by atoms with Crippen molar-refractivity contribution >= 4 is 11.6 Å². The van der Waals surface area contributed by atoms with E-state index in [0.29, 0.717) is 12.0 Å². The number of nitrogens with zero attached hydrogens (tertiary/aromatic N) is 4. The molecular weight excluding hydrogens is 322 g/mol. The third kappa shape index (κ3) is 4.33. The molecule has 2 aromatic rings. The second-order valence-corrected chi connectivity index (χ2v) is 7.80. The predicted octanol–water partition coefficient (Wildman–Crippen LogP) is 3.52. The van der Waals surface area contributed by atoms with E-state index in [9.17, 15) is 0 Å². The number of hydrogen-bond donors (Lipinski definition) is 1. The molecule has 1 aromatic heterocycles. The Kier molecular flexibility index (Phi) is 5.77. The van der Waals surface area contributed by atoms with E-state index in [0.717, 1.165) is 43.5 Å². The molecule has 0 unspecified atom stereocenters. The SMILES string of the molecule is CC(C)c1nc(NCCN(C)C)cc(N2Cc3ccccc3C[C@H]2C)n1. The Morgan fingerprint density at radius 2 is 1.92 bits per heavy atom. The van der Waals surface area contributed by atoms with Crippen molar-refractivity contribution in [2.24, 2.45) is 0 Å². The summed E-state index contributed by atoms with van der Waals surface area (Å²) in [6, 6.07) is 11.3. The second kappa shape index (κ2) is 8.04. The van der Waals surface area contributed by atoms with Crippen LogP contribution in [0.15, 0.2) is 30.3 Å². The molecule has 2 heterocycles. The van der Waals surface area contributed by atoms with Gasteiger partial charge in [-0.25, -0.2) is 9.97 Å². The quantitative estimate of drug-likeness (QED) is 0.861. The third-order valence-electron chi connectivity index (χ3n) is 4.91. The summed E-state index contributed by atoms with van der Waals surface area (Å²) < 4.78 is 0. The average Bonchev–Trinajstić information content (AvgIpc) is 2.60. The number of rotatable bonds is 6. The summed E-state index contributed by atoms with van der Waals surface area (Å²) in [6.07, 6.45) is 1.06. The summed E-state index contributed by atoms with van der Waals surface area (Å²) in [5.41, 5.74) is 2.86. The van der Waals surface area contributed by atoms with Crippen LogP contribution in [0.4, 0.5) is 11.6 Å². The van der Waals surface area contributed by atoms with Gasteiger partial charge in [-0.3, -0.25) is 0 Å². The highest BCUT2D eigenvalue weighted by Gasteiger charge is 2.24. The van der Waals surface area contributed by atoms with E-state index in [4.69, 9.17) is 9.97 Å². The summed E-state index contributed by atoms with van der Waals surface area (Å²) >= 11 is 0. The second-order valence-electron chi connectivity index (χ2n) is 7.80. The van der Waals surface area contributed by atoms with Crippen molar-refractivity contribution in [1.82, 2.24) is 14.9 Å². The first-order valence-electron chi connectivity index (χ1n) is 9.55. The van der Waals surface area contributed by atoms with Crippen molar-refractivity contribution in [2.45, 2.75) is 45.7 Å². The number of fused-ring (bicyclic) bond motifs is 1. The van der Waals surface area contributed by atoms with Crippen LogP contribution in [-0.2, 0) is 13.0 Å². The van der Waals surface area contributed by atoms with Crippen molar-refractivity contribution in [3.8, 4) is 0 Å². The lowest BCUT2D eigenvalue weighted by atomic mass is 9.95. The van der Waals surface area contributed by atoms with Crippen LogP contribution in [0.1, 0.15) is 43.6 Å². The fourth-order valence-corrected chi connectivity index (χ4v) is 3.34. The largest absolute Gasteiger partial charge is 0.369 e.